The average molecular weight is 360 g/mol. The maximum Gasteiger partial charge on any atom is 0.335 e. The highest BCUT2D eigenvalue weighted by Crippen LogP contribution is 2.23. The zero-order valence-corrected chi connectivity index (χ0v) is 14.8. The second-order valence-electron chi connectivity index (χ2n) is 5.77. The number of rotatable bonds is 6. The number of carbonyl (C=O) groups is 2. The van der Waals surface area contributed by atoms with Crippen molar-refractivity contribution in [1.82, 2.24) is 0 Å². The van der Waals surface area contributed by atoms with E-state index in [4.69, 9.17) is 0 Å². The Morgan fingerprint density at radius 1 is 0.731 bits per heavy atom. The van der Waals surface area contributed by atoms with Crippen LogP contribution in [-0.2, 0) is 0 Å². The Hall–Kier alpha value is -3.18. The topological polar surface area (TPSA) is 74.6 Å². The first-order valence-electron chi connectivity index (χ1n) is 8.03. The zero-order chi connectivity index (χ0) is 18.5. The third kappa shape index (κ3) is 3.89. The maximum absolute atomic E-state index is 11.6. The molecule has 3 aromatic rings. The van der Waals surface area contributed by atoms with Crippen molar-refractivity contribution >= 4 is 26.6 Å². The number of hydrogen-bond donors (Lipinski definition) is 2. The molecule has 0 aliphatic heterocycles. The summed E-state index contributed by atoms with van der Waals surface area (Å²) in [6.45, 7) is 0. The fourth-order valence-corrected chi connectivity index (χ4v) is 4.40. The Bertz CT molecular complexity index is 884. The predicted molar refractivity (Wildman–Crippen MR) is 100 cm³/mol. The molecule has 0 unspecified atom stereocenters. The van der Waals surface area contributed by atoms with Crippen LogP contribution in [0.4, 0.5) is 0 Å². The van der Waals surface area contributed by atoms with Gasteiger partial charge >= 0.3 is 11.9 Å². The molecule has 0 aliphatic rings. The Kier molecular flexibility index (Phi) is 5.29. The Balaban J connectivity index is 2.08. The summed E-state index contributed by atoms with van der Waals surface area (Å²) in [6.07, 6.45) is 0. The van der Waals surface area contributed by atoms with Crippen molar-refractivity contribution in [3.05, 3.63) is 101 Å². The van der Waals surface area contributed by atoms with Crippen molar-refractivity contribution in [2.24, 2.45) is 0 Å². The fourth-order valence-electron chi connectivity index (χ4n) is 2.79. The Labute approximate surface area is 153 Å². The molecule has 3 aromatic carbocycles. The van der Waals surface area contributed by atoms with Crippen LogP contribution in [0.2, 0.25) is 0 Å². The normalized spacial score (nSPS) is 10.7. The molecule has 4 nitrogen and oxygen atoms in total. The molecule has 0 saturated carbocycles. The first kappa shape index (κ1) is 17.6. The van der Waals surface area contributed by atoms with E-state index >= 15 is 0 Å². The predicted octanol–water partition coefficient (Wildman–Crippen LogP) is 3.20. The van der Waals surface area contributed by atoms with Gasteiger partial charge in [0, 0.05) is 5.54 Å². The first-order chi connectivity index (χ1) is 12.6. The molecule has 3 rings (SSSR count). The minimum absolute atomic E-state index is 0.0421. The van der Waals surface area contributed by atoms with Gasteiger partial charge in [0.2, 0.25) is 0 Å². The van der Waals surface area contributed by atoms with Gasteiger partial charge in [0.05, 0.1) is 20.6 Å². The van der Waals surface area contributed by atoms with Gasteiger partial charge < -0.3 is 10.2 Å². The van der Waals surface area contributed by atoms with Crippen LogP contribution in [0.15, 0.2) is 78.9 Å². The molecular weight excluding hydrogens is 344 g/mol. The highest BCUT2D eigenvalue weighted by molar-refractivity contribution is 6.57. The molecule has 0 atom stereocenters. The van der Waals surface area contributed by atoms with E-state index < -0.39 is 11.9 Å². The monoisotopic (exact) mass is 360 g/mol. The third-order valence-corrected chi connectivity index (χ3v) is 5.74. The van der Waals surface area contributed by atoms with E-state index in [-0.39, 0.29) is 26.2 Å². The van der Waals surface area contributed by atoms with E-state index in [1.54, 1.807) is 0 Å². The lowest BCUT2D eigenvalue weighted by Crippen LogP contribution is -2.29. The molecule has 0 saturated heterocycles. The molecule has 0 aliphatic carbocycles. The lowest BCUT2D eigenvalue weighted by Gasteiger charge is -2.19. The molecule has 26 heavy (non-hydrogen) atoms. The van der Waals surface area contributed by atoms with Gasteiger partial charge in [-0.1, -0.05) is 60.7 Å². The van der Waals surface area contributed by atoms with Crippen LogP contribution >= 0.6 is 0 Å². The van der Waals surface area contributed by atoms with Gasteiger partial charge in [0.1, 0.15) is 0 Å². The van der Waals surface area contributed by atoms with Crippen molar-refractivity contribution in [2.75, 3.05) is 0 Å². The molecule has 0 aromatic heterocycles. The molecular formula is C21H16O4Si. The SMILES string of the molecule is O=C(O)c1ccc(C(=O)O)c([Si]C(c2ccccc2)c2ccccc2)c1. The van der Waals surface area contributed by atoms with Crippen LogP contribution in [0.3, 0.4) is 0 Å². The summed E-state index contributed by atoms with van der Waals surface area (Å²) in [6, 6.07) is 23.9. The maximum atomic E-state index is 11.6. The molecule has 0 spiro atoms. The molecule has 0 amide bonds. The van der Waals surface area contributed by atoms with Gasteiger partial charge in [-0.05, 0) is 34.5 Å². The van der Waals surface area contributed by atoms with Gasteiger partial charge in [-0.3, -0.25) is 0 Å². The molecule has 2 N–H and O–H groups in total. The van der Waals surface area contributed by atoms with Crippen molar-refractivity contribution in [3.63, 3.8) is 0 Å². The quantitative estimate of drug-likeness (QED) is 0.662. The number of benzene rings is 3. The Morgan fingerprint density at radius 2 is 1.27 bits per heavy atom. The summed E-state index contributed by atoms with van der Waals surface area (Å²) in [5, 5.41) is 19.3. The van der Waals surface area contributed by atoms with Crippen molar-refractivity contribution in [3.8, 4) is 0 Å². The van der Waals surface area contributed by atoms with Crippen molar-refractivity contribution < 1.29 is 19.8 Å². The Morgan fingerprint density at radius 3 is 1.73 bits per heavy atom. The summed E-state index contributed by atoms with van der Waals surface area (Å²) in [5.41, 5.74) is 2.32. The van der Waals surface area contributed by atoms with Crippen molar-refractivity contribution in [1.29, 1.82) is 0 Å². The average Bonchev–Trinajstić information content (AvgIpc) is 2.67. The molecule has 0 heterocycles. The van der Waals surface area contributed by atoms with Gasteiger partial charge in [-0.15, -0.1) is 0 Å². The van der Waals surface area contributed by atoms with Crippen LogP contribution in [0.1, 0.15) is 37.4 Å². The van der Waals surface area contributed by atoms with E-state index in [0.29, 0.717) is 5.19 Å². The first-order valence-corrected chi connectivity index (χ1v) is 9.11. The fraction of sp³-hybridized carbons (Fsp3) is 0.0476. The lowest BCUT2D eigenvalue weighted by molar-refractivity contribution is 0.0682. The highest BCUT2D eigenvalue weighted by Gasteiger charge is 2.21. The summed E-state index contributed by atoms with van der Waals surface area (Å²) in [5.74, 6) is -2.12. The van der Waals surface area contributed by atoms with Gasteiger partial charge in [0.25, 0.3) is 0 Å². The summed E-state index contributed by atoms with van der Waals surface area (Å²) >= 11 is 0. The lowest BCUT2D eigenvalue weighted by atomic mass is 10.0. The number of aromatic carboxylic acids is 2. The second-order valence-corrected chi connectivity index (χ2v) is 7.17. The zero-order valence-electron chi connectivity index (χ0n) is 13.8. The van der Waals surface area contributed by atoms with E-state index in [9.17, 15) is 19.8 Å². The van der Waals surface area contributed by atoms with Crippen LogP contribution in [0.25, 0.3) is 0 Å². The van der Waals surface area contributed by atoms with E-state index in [1.807, 2.05) is 60.7 Å². The van der Waals surface area contributed by atoms with Gasteiger partial charge in [-0.25, -0.2) is 9.59 Å². The third-order valence-electron chi connectivity index (χ3n) is 4.06. The van der Waals surface area contributed by atoms with E-state index in [1.165, 1.54) is 18.2 Å². The molecule has 0 bridgehead atoms. The highest BCUT2D eigenvalue weighted by atomic mass is 28.2. The number of hydrogen-bond acceptors (Lipinski definition) is 2. The van der Waals surface area contributed by atoms with Crippen LogP contribution in [0.5, 0.6) is 0 Å². The van der Waals surface area contributed by atoms with E-state index in [0.717, 1.165) is 11.1 Å². The molecule has 2 radical (unpaired) electrons. The minimum Gasteiger partial charge on any atom is -0.478 e. The van der Waals surface area contributed by atoms with E-state index in [2.05, 4.69) is 0 Å². The van der Waals surface area contributed by atoms with Crippen molar-refractivity contribution in [2.45, 2.75) is 5.54 Å². The summed E-state index contributed by atoms with van der Waals surface area (Å²) < 4.78 is 0. The molecule has 5 heteroatoms. The summed E-state index contributed by atoms with van der Waals surface area (Å²) in [4.78, 5) is 22.9. The summed E-state index contributed by atoms with van der Waals surface area (Å²) in [7, 11) is 0.0870. The minimum atomic E-state index is -1.07. The van der Waals surface area contributed by atoms with Crippen LogP contribution < -0.4 is 5.19 Å². The smallest absolute Gasteiger partial charge is 0.335 e. The largest absolute Gasteiger partial charge is 0.478 e. The standard InChI is InChI=1S/C21H16O4Si/c22-20(23)16-11-12-17(21(24)25)18(13-16)26-19(14-7-3-1-4-8-14)15-9-5-2-6-10-15/h1-13,19H,(H,22,23)(H,24,25). The van der Waals surface area contributed by atoms with Gasteiger partial charge in [0.15, 0.2) is 0 Å². The molecule has 0 fully saturated rings. The second kappa shape index (κ2) is 7.80. The van der Waals surface area contributed by atoms with Crippen LogP contribution in [0, 0.1) is 0 Å². The van der Waals surface area contributed by atoms with Gasteiger partial charge in [-0.2, -0.15) is 0 Å². The van der Waals surface area contributed by atoms with Crippen LogP contribution in [-0.4, -0.2) is 31.7 Å². The molecule has 128 valence electrons. The number of carboxylic acids is 2. The number of carboxylic acid groups (broad SMARTS) is 2.